The van der Waals surface area contributed by atoms with Crippen molar-refractivity contribution in [2.75, 3.05) is 23.3 Å². The highest BCUT2D eigenvalue weighted by molar-refractivity contribution is 6.42. The van der Waals surface area contributed by atoms with Crippen molar-refractivity contribution in [2.24, 2.45) is 0 Å². The van der Waals surface area contributed by atoms with E-state index < -0.39 is 5.60 Å². The average Bonchev–Trinajstić information content (AvgIpc) is 3.45. The van der Waals surface area contributed by atoms with Gasteiger partial charge in [-0.05, 0) is 45.1 Å². The Hall–Kier alpha value is -2.06. The third-order valence-electron chi connectivity index (χ3n) is 7.19. The second-order valence-corrected chi connectivity index (χ2v) is 10.8. The number of piperidine rings is 1. The molecule has 33 heavy (non-hydrogen) atoms. The van der Waals surface area contributed by atoms with Crippen molar-refractivity contribution in [1.29, 1.82) is 0 Å². The van der Waals surface area contributed by atoms with Gasteiger partial charge in [0.25, 0.3) is 0 Å². The number of hydrogen-bond acceptors (Lipinski definition) is 6. The number of rotatable bonds is 4. The predicted octanol–water partition coefficient (Wildman–Crippen LogP) is 5.70. The van der Waals surface area contributed by atoms with Crippen molar-refractivity contribution < 1.29 is 5.11 Å². The third kappa shape index (κ3) is 3.48. The summed E-state index contributed by atoms with van der Waals surface area (Å²) in [5.41, 5.74) is 2.82. The van der Waals surface area contributed by atoms with Gasteiger partial charge in [0.1, 0.15) is 0 Å². The lowest BCUT2D eigenvalue weighted by molar-refractivity contribution is 0.0351. The lowest BCUT2D eigenvalue weighted by Crippen LogP contribution is -2.42. The Morgan fingerprint density at radius 2 is 1.88 bits per heavy atom. The molecule has 2 bridgehead atoms. The van der Waals surface area contributed by atoms with E-state index in [0.29, 0.717) is 58.3 Å². The number of hydrogen-bond donors (Lipinski definition) is 2. The summed E-state index contributed by atoms with van der Waals surface area (Å²) in [6.45, 7) is 3.20. The van der Waals surface area contributed by atoms with Gasteiger partial charge < -0.3 is 15.3 Å². The van der Waals surface area contributed by atoms with Gasteiger partial charge in [-0.1, -0.05) is 46.5 Å². The smallest absolute Gasteiger partial charge is 0.227 e. The predicted molar refractivity (Wildman–Crippen MR) is 132 cm³/mol. The maximum Gasteiger partial charge on any atom is 0.227 e. The van der Waals surface area contributed by atoms with Gasteiger partial charge in [0.15, 0.2) is 5.15 Å². The van der Waals surface area contributed by atoms with E-state index in [-0.39, 0.29) is 5.54 Å². The number of nitrogens with zero attached hydrogens (tertiary/aromatic N) is 5. The molecule has 2 N–H and O–H groups in total. The van der Waals surface area contributed by atoms with Crippen LogP contribution in [0.2, 0.25) is 15.2 Å². The van der Waals surface area contributed by atoms with Crippen molar-refractivity contribution in [3.63, 3.8) is 0 Å². The lowest BCUT2D eigenvalue weighted by atomic mass is 9.79. The zero-order valence-electron chi connectivity index (χ0n) is 18.1. The Kier molecular flexibility index (Phi) is 4.86. The van der Waals surface area contributed by atoms with Gasteiger partial charge in [0.2, 0.25) is 5.95 Å². The van der Waals surface area contributed by atoms with Crippen LogP contribution in [-0.4, -0.2) is 43.5 Å². The number of aromatic nitrogens is 4. The molecule has 0 atom stereocenters. The van der Waals surface area contributed by atoms with Gasteiger partial charge in [-0.2, -0.15) is 5.10 Å². The molecule has 10 heteroatoms. The van der Waals surface area contributed by atoms with E-state index in [1.807, 2.05) is 17.7 Å². The number of allylic oxidation sites excluding steroid dienone is 2. The highest BCUT2D eigenvalue weighted by atomic mass is 35.5. The molecule has 0 amide bonds. The molecule has 0 unspecified atom stereocenters. The standard InChI is InChI=1S/C23H23Cl3N6O/c1-22(33)4-6-31(7-5-22)19-15(24)8-14-11-27-21(30-18(14)17(19)25)29-16-12-28-32(20(16)26)23-3-2-13(9-23)10-23/h2,8,11-12,33H,3-7,9-10H2,1H3,(H,27,29,30). The second kappa shape index (κ2) is 7.47. The fourth-order valence-corrected chi connectivity index (χ4v) is 6.25. The summed E-state index contributed by atoms with van der Waals surface area (Å²) in [5.74, 6) is 0.386. The number of nitrogens with one attached hydrogen (secondary N) is 1. The van der Waals surface area contributed by atoms with Crippen LogP contribution < -0.4 is 10.2 Å². The van der Waals surface area contributed by atoms with Crippen molar-refractivity contribution in [2.45, 2.75) is 50.2 Å². The second-order valence-electron chi connectivity index (χ2n) is 9.67. The first-order valence-corrected chi connectivity index (χ1v) is 12.2. The summed E-state index contributed by atoms with van der Waals surface area (Å²) in [5, 5.41) is 20.4. The average molecular weight is 506 g/mol. The minimum absolute atomic E-state index is 0.00929. The fourth-order valence-electron chi connectivity index (χ4n) is 5.18. The summed E-state index contributed by atoms with van der Waals surface area (Å²) in [6, 6.07) is 1.83. The van der Waals surface area contributed by atoms with Gasteiger partial charge in [-0.25, -0.2) is 14.6 Å². The lowest BCUT2D eigenvalue weighted by Gasteiger charge is -2.38. The molecule has 2 aromatic heterocycles. The maximum absolute atomic E-state index is 10.3. The van der Waals surface area contributed by atoms with Crippen LogP contribution in [0.3, 0.4) is 0 Å². The molecule has 1 saturated heterocycles. The van der Waals surface area contributed by atoms with Crippen molar-refractivity contribution in [1.82, 2.24) is 19.7 Å². The topological polar surface area (TPSA) is 79.1 Å². The molecule has 7 nitrogen and oxygen atoms in total. The molecule has 1 saturated carbocycles. The largest absolute Gasteiger partial charge is 0.390 e. The Labute approximate surface area is 206 Å². The number of benzene rings is 1. The molecular weight excluding hydrogens is 483 g/mol. The molecule has 1 aromatic carbocycles. The van der Waals surface area contributed by atoms with Crippen LogP contribution in [0.1, 0.15) is 39.0 Å². The quantitative estimate of drug-likeness (QED) is 0.443. The molecule has 172 valence electrons. The van der Waals surface area contributed by atoms with Crippen LogP contribution in [0, 0.1) is 0 Å². The molecule has 3 heterocycles. The molecule has 3 aliphatic carbocycles. The number of fused-ring (bicyclic) bond motifs is 2. The van der Waals surface area contributed by atoms with E-state index in [0.717, 1.165) is 30.3 Å². The van der Waals surface area contributed by atoms with Crippen molar-refractivity contribution in [3.05, 3.63) is 45.3 Å². The van der Waals surface area contributed by atoms with E-state index >= 15 is 0 Å². The Morgan fingerprint density at radius 1 is 1.12 bits per heavy atom. The summed E-state index contributed by atoms with van der Waals surface area (Å²) in [4.78, 5) is 11.2. The minimum atomic E-state index is -0.662. The van der Waals surface area contributed by atoms with Crippen LogP contribution in [0.15, 0.2) is 30.1 Å². The number of anilines is 3. The van der Waals surface area contributed by atoms with E-state index in [2.05, 4.69) is 31.4 Å². The zero-order chi connectivity index (χ0) is 23.0. The Balaban J connectivity index is 1.31. The molecule has 0 spiro atoms. The fraction of sp³-hybridized carbons (Fsp3) is 0.435. The molecule has 1 aliphatic heterocycles. The highest BCUT2D eigenvalue weighted by Gasteiger charge is 2.48. The normalized spacial score (nSPS) is 20.6. The molecule has 3 aromatic rings. The van der Waals surface area contributed by atoms with Crippen molar-refractivity contribution in [3.8, 4) is 0 Å². The molecule has 7 rings (SSSR count). The molecule has 0 radical (unpaired) electrons. The Bertz CT molecular complexity index is 1290. The van der Waals surface area contributed by atoms with Crippen LogP contribution >= 0.6 is 34.8 Å². The van der Waals surface area contributed by atoms with E-state index in [4.69, 9.17) is 34.8 Å². The van der Waals surface area contributed by atoms with E-state index in [1.54, 1.807) is 12.4 Å². The number of halogens is 3. The van der Waals surface area contributed by atoms with Gasteiger partial charge in [-0.3, -0.25) is 0 Å². The van der Waals surface area contributed by atoms with Gasteiger partial charge in [0.05, 0.1) is 44.3 Å². The van der Waals surface area contributed by atoms with Crippen LogP contribution in [0.25, 0.3) is 10.9 Å². The third-order valence-corrected chi connectivity index (χ3v) is 8.20. The summed E-state index contributed by atoms with van der Waals surface area (Å²) in [6.07, 6.45) is 10.0. The van der Waals surface area contributed by atoms with Crippen molar-refractivity contribution >= 4 is 63.0 Å². The van der Waals surface area contributed by atoms with Crippen LogP contribution in [-0.2, 0) is 5.54 Å². The van der Waals surface area contributed by atoms with Gasteiger partial charge in [0, 0.05) is 24.7 Å². The first-order valence-electron chi connectivity index (χ1n) is 11.1. The van der Waals surface area contributed by atoms with Gasteiger partial charge >= 0.3 is 0 Å². The molecule has 2 fully saturated rings. The highest BCUT2D eigenvalue weighted by Crippen LogP contribution is 2.54. The van der Waals surface area contributed by atoms with E-state index in [1.165, 1.54) is 5.57 Å². The van der Waals surface area contributed by atoms with E-state index in [9.17, 15) is 5.11 Å². The SMILES string of the molecule is CC1(O)CCN(c2c(Cl)cc3cnc(Nc4cnn(C56CC=C(C5)C6)c4Cl)nc3c2Cl)CC1. The number of aliphatic hydroxyl groups is 1. The van der Waals surface area contributed by atoms with Gasteiger partial charge in [-0.15, -0.1) is 0 Å². The monoisotopic (exact) mass is 504 g/mol. The molecule has 4 aliphatic rings. The summed E-state index contributed by atoms with van der Waals surface area (Å²) in [7, 11) is 0. The summed E-state index contributed by atoms with van der Waals surface area (Å²) >= 11 is 20.1. The maximum atomic E-state index is 10.3. The summed E-state index contributed by atoms with van der Waals surface area (Å²) < 4.78 is 1.92. The zero-order valence-corrected chi connectivity index (χ0v) is 20.3. The Morgan fingerprint density at radius 3 is 2.58 bits per heavy atom. The van der Waals surface area contributed by atoms with Crippen LogP contribution in [0.4, 0.5) is 17.3 Å². The first kappa shape index (κ1) is 21.5. The minimum Gasteiger partial charge on any atom is -0.390 e. The van der Waals surface area contributed by atoms with Crippen LogP contribution in [0.5, 0.6) is 0 Å². The first-order chi connectivity index (χ1) is 15.7. The molecular formula is C23H23Cl3N6O.